The van der Waals surface area contributed by atoms with Crippen LogP contribution in [0.25, 0.3) is 4.91 Å². The van der Waals surface area contributed by atoms with Gasteiger partial charge in [0.25, 0.3) is 0 Å². The third-order valence-electron chi connectivity index (χ3n) is 5.68. The number of nitrogens with two attached hydrogens (primary N) is 2. The van der Waals surface area contributed by atoms with Crippen LogP contribution in [0.15, 0.2) is 72.2 Å². The summed E-state index contributed by atoms with van der Waals surface area (Å²) in [6.07, 6.45) is 11.2. The van der Waals surface area contributed by atoms with Crippen molar-refractivity contribution < 1.29 is 9.53 Å². The summed E-state index contributed by atoms with van der Waals surface area (Å²) >= 11 is 0. The minimum atomic E-state index is -2.28. The summed E-state index contributed by atoms with van der Waals surface area (Å²) in [6, 6.07) is 17.8. The van der Waals surface area contributed by atoms with Crippen molar-refractivity contribution in [3.63, 3.8) is 0 Å². The fourth-order valence-electron chi connectivity index (χ4n) is 3.76. The van der Waals surface area contributed by atoms with Crippen molar-refractivity contribution in [3.05, 3.63) is 77.7 Å². The number of ether oxygens (including phenoxy) is 1. The summed E-state index contributed by atoms with van der Waals surface area (Å²) in [6.45, 7) is 3.95. The third kappa shape index (κ3) is 8.95. The van der Waals surface area contributed by atoms with Crippen molar-refractivity contribution in [1.29, 1.82) is 0 Å². The van der Waals surface area contributed by atoms with Crippen LogP contribution in [0.1, 0.15) is 56.9 Å². The number of rotatable bonds is 13. The predicted molar refractivity (Wildman–Crippen MR) is 149 cm³/mol. The van der Waals surface area contributed by atoms with Crippen LogP contribution in [-0.4, -0.2) is 12.1 Å². The molecule has 4 N–H and O–H groups in total. The summed E-state index contributed by atoms with van der Waals surface area (Å²) in [5.74, 6) is 0.447. The Balaban J connectivity index is 1.22. The zero-order valence-electron chi connectivity index (χ0n) is 19.1. The molecule has 1 aliphatic rings. The van der Waals surface area contributed by atoms with Gasteiger partial charge in [-0.15, -0.1) is 0 Å². The monoisotopic (exact) mass is 502 g/mol. The van der Waals surface area contributed by atoms with Crippen molar-refractivity contribution >= 4 is 45.3 Å². The molecular formula is C26H35N2O2PS2. The Morgan fingerprint density at radius 1 is 0.848 bits per heavy atom. The third-order valence-corrected chi connectivity index (χ3v) is 10.7. The Kier molecular flexibility index (Phi) is 10.5. The minimum Gasteiger partial charge on any atom is -0.0531 e. The Hall–Kier alpha value is -1.56. The second kappa shape index (κ2) is 13.4. The van der Waals surface area contributed by atoms with Gasteiger partial charge in [-0.05, 0) is 23.8 Å². The van der Waals surface area contributed by atoms with Gasteiger partial charge in [0.15, 0.2) is 0 Å². The van der Waals surface area contributed by atoms with E-state index >= 15 is 0 Å². The van der Waals surface area contributed by atoms with Crippen LogP contribution in [0, 0.1) is 0 Å². The molecule has 2 aromatic rings. The maximum absolute atomic E-state index is 12.1. The van der Waals surface area contributed by atoms with E-state index in [4.69, 9.17) is 15.7 Å². The standard InChI is InChI=1S/C26H35N2O2PS2/c1-21-20-25(33-32-21)22-15-17-23(18-16-22)30-26(29)14-10-5-3-2-4-6-11-19-31(27,28)24-12-8-7-9-13-24/h7-9,12-13,15-18,20,31H,1-6,10-11,14,19,27-28H2. The van der Waals surface area contributed by atoms with Gasteiger partial charge in [-0.2, -0.15) is 0 Å². The van der Waals surface area contributed by atoms with E-state index in [2.05, 4.69) is 24.8 Å². The molecule has 7 heteroatoms. The molecule has 0 unspecified atom stereocenters. The van der Waals surface area contributed by atoms with Gasteiger partial charge >= 0.3 is 133 Å². The van der Waals surface area contributed by atoms with Crippen molar-refractivity contribution in [2.45, 2.75) is 51.4 Å². The largest absolute Gasteiger partial charge is 0.0531 e. The molecule has 1 heterocycles. The summed E-state index contributed by atoms with van der Waals surface area (Å²) in [7, 11) is 1.10. The van der Waals surface area contributed by atoms with Crippen LogP contribution in [-0.2, 0) is 4.79 Å². The molecule has 178 valence electrons. The van der Waals surface area contributed by atoms with Crippen molar-refractivity contribution in [3.8, 4) is 5.75 Å². The molecule has 2 aromatic carbocycles. The quantitative estimate of drug-likeness (QED) is 0.103. The van der Waals surface area contributed by atoms with E-state index in [1.165, 1.54) is 17.7 Å². The summed E-state index contributed by atoms with van der Waals surface area (Å²) in [4.78, 5) is 14.4. The average Bonchev–Trinajstić information content (AvgIpc) is 3.25. The maximum Gasteiger partial charge on any atom is -0.0185 e. The Bertz CT molecular complexity index is 947. The van der Waals surface area contributed by atoms with Crippen LogP contribution >= 0.6 is 29.2 Å². The Labute approximate surface area is 206 Å². The molecule has 0 radical (unpaired) electrons. The minimum absolute atomic E-state index is 0.158. The normalized spacial score (nSPS) is 14.2. The van der Waals surface area contributed by atoms with E-state index in [-0.39, 0.29) is 5.97 Å². The van der Waals surface area contributed by atoms with E-state index in [0.29, 0.717) is 12.2 Å². The van der Waals surface area contributed by atoms with Crippen LogP contribution in [0.5, 0.6) is 5.75 Å². The molecule has 0 amide bonds. The summed E-state index contributed by atoms with van der Waals surface area (Å²) in [5.41, 5.74) is 13.9. The molecule has 0 fully saturated rings. The molecule has 33 heavy (non-hydrogen) atoms. The van der Waals surface area contributed by atoms with Gasteiger partial charge in [-0.1, -0.05) is 40.3 Å². The van der Waals surface area contributed by atoms with Crippen molar-refractivity contribution in [1.82, 2.24) is 0 Å². The number of unbranched alkanes of at least 4 members (excludes halogenated alkanes) is 6. The maximum atomic E-state index is 12.1. The van der Waals surface area contributed by atoms with E-state index in [9.17, 15) is 4.79 Å². The summed E-state index contributed by atoms with van der Waals surface area (Å²) in [5, 5.41) is 1.13. The molecular weight excluding hydrogens is 467 g/mol. The zero-order chi connectivity index (χ0) is 23.5. The first-order valence-electron chi connectivity index (χ1n) is 11.6. The number of hydrogen-bond acceptors (Lipinski definition) is 6. The van der Waals surface area contributed by atoms with Crippen molar-refractivity contribution in [2.75, 3.05) is 6.16 Å². The molecule has 0 spiro atoms. The number of carbonyl (C=O) groups excluding carboxylic acids is 1. The Morgan fingerprint density at radius 3 is 2.12 bits per heavy atom. The number of benzene rings is 2. The SMILES string of the molecule is C=C1C=C(c2ccc(OC(=O)CCCCCCCCC[PH](N)(N)c3ccccc3)cc2)SS1. The zero-order valence-corrected chi connectivity index (χ0v) is 21.8. The van der Waals surface area contributed by atoms with E-state index in [0.717, 1.165) is 54.0 Å². The van der Waals surface area contributed by atoms with Crippen LogP contribution in [0.3, 0.4) is 0 Å². The first-order chi connectivity index (χ1) is 15.9. The second-order valence-corrected chi connectivity index (χ2v) is 14.0. The molecule has 0 atom stereocenters. The van der Waals surface area contributed by atoms with E-state index in [1.807, 2.05) is 42.5 Å². The molecule has 0 saturated heterocycles. The van der Waals surface area contributed by atoms with Crippen LogP contribution < -0.4 is 21.0 Å². The first-order valence-corrected chi connectivity index (χ1v) is 16.1. The molecule has 0 aliphatic carbocycles. The predicted octanol–water partition coefficient (Wildman–Crippen LogP) is 6.79. The fourth-order valence-corrected chi connectivity index (χ4v) is 7.72. The summed E-state index contributed by atoms with van der Waals surface area (Å²) < 4.78 is 5.47. The number of hydrogen-bond donors (Lipinski definition) is 2. The fraction of sp³-hybridized carbons (Fsp3) is 0.346. The van der Waals surface area contributed by atoms with Crippen molar-refractivity contribution in [2.24, 2.45) is 11.0 Å². The topological polar surface area (TPSA) is 78.3 Å². The Morgan fingerprint density at radius 2 is 1.48 bits per heavy atom. The average molecular weight is 503 g/mol. The van der Waals surface area contributed by atoms with Crippen LogP contribution in [0.2, 0.25) is 0 Å². The number of carbonyl (C=O) groups is 1. The van der Waals surface area contributed by atoms with Gasteiger partial charge in [0, 0.05) is 9.81 Å². The molecule has 0 bridgehead atoms. The van der Waals surface area contributed by atoms with Gasteiger partial charge < -0.3 is 0 Å². The number of esters is 1. The molecule has 4 nitrogen and oxygen atoms in total. The molecule has 0 saturated carbocycles. The second-order valence-electron chi connectivity index (χ2n) is 8.52. The first kappa shape index (κ1) is 26.1. The molecule has 1 aliphatic heterocycles. The number of allylic oxidation sites excluding steroid dienone is 1. The smallest absolute Gasteiger partial charge is 0.0185 e. The van der Waals surface area contributed by atoms with Gasteiger partial charge in [0.1, 0.15) is 0 Å². The molecule has 3 rings (SSSR count). The van der Waals surface area contributed by atoms with E-state index < -0.39 is 7.56 Å². The molecule has 0 aromatic heterocycles. The van der Waals surface area contributed by atoms with Gasteiger partial charge in [0.05, 0.1) is 0 Å². The van der Waals surface area contributed by atoms with Gasteiger partial charge in [0.2, 0.25) is 0 Å². The van der Waals surface area contributed by atoms with Gasteiger partial charge in [-0.25, -0.2) is 0 Å². The van der Waals surface area contributed by atoms with Gasteiger partial charge in [-0.3, -0.25) is 0 Å². The van der Waals surface area contributed by atoms with Crippen LogP contribution in [0.4, 0.5) is 0 Å². The van der Waals surface area contributed by atoms with E-state index in [1.54, 1.807) is 21.6 Å².